The Morgan fingerprint density at radius 1 is 1.29 bits per heavy atom. The highest BCUT2D eigenvalue weighted by atomic mass is 32.1. The van der Waals surface area contributed by atoms with Gasteiger partial charge in [-0.3, -0.25) is 4.98 Å². The van der Waals surface area contributed by atoms with E-state index < -0.39 is 0 Å². The van der Waals surface area contributed by atoms with E-state index in [1.165, 1.54) is 17.7 Å². The summed E-state index contributed by atoms with van der Waals surface area (Å²) in [7, 11) is 1.96. The molecule has 3 heterocycles. The molecule has 0 bridgehead atoms. The Morgan fingerprint density at radius 2 is 2.12 bits per heavy atom. The molecular formula is C17H18N4O2S. The lowest BCUT2D eigenvalue weighted by atomic mass is 10.2. The highest BCUT2D eigenvalue weighted by Gasteiger charge is 2.21. The molecule has 0 aliphatic heterocycles. The van der Waals surface area contributed by atoms with E-state index in [2.05, 4.69) is 15.0 Å². The van der Waals surface area contributed by atoms with Crippen LogP contribution in [0.15, 0.2) is 30.7 Å². The summed E-state index contributed by atoms with van der Waals surface area (Å²) in [6.45, 7) is 4.68. The molecule has 3 rings (SSSR count). The van der Waals surface area contributed by atoms with Crippen molar-refractivity contribution in [1.82, 2.24) is 15.0 Å². The minimum Gasteiger partial charge on any atom is -0.462 e. The second-order valence-electron chi connectivity index (χ2n) is 5.33. The number of nitrogens with zero attached hydrogens (tertiary/aromatic N) is 4. The summed E-state index contributed by atoms with van der Waals surface area (Å²) in [6, 6.07) is 5.82. The van der Waals surface area contributed by atoms with Crippen molar-refractivity contribution >= 4 is 33.3 Å². The molecule has 0 unspecified atom stereocenters. The largest absolute Gasteiger partial charge is 0.462 e. The minimum atomic E-state index is -0.309. The van der Waals surface area contributed by atoms with Gasteiger partial charge in [-0.25, -0.2) is 14.8 Å². The van der Waals surface area contributed by atoms with Gasteiger partial charge in [-0.1, -0.05) is 6.07 Å². The van der Waals surface area contributed by atoms with Crippen LogP contribution in [0.5, 0.6) is 0 Å². The second-order valence-corrected chi connectivity index (χ2v) is 6.33. The van der Waals surface area contributed by atoms with Crippen molar-refractivity contribution in [1.29, 1.82) is 0 Å². The molecular weight excluding hydrogens is 324 g/mol. The maximum absolute atomic E-state index is 12.1. The standard InChI is InChI=1S/C17H18N4O2S/c1-4-23-17(22)14-11(2)13-15(19-10-20-16(13)24-14)21(3)9-12-7-5-6-8-18-12/h5-8,10H,4,9H2,1-3H3. The molecule has 6 nitrogen and oxygen atoms in total. The lowest BCUT2D eigenvalue weighted by Gasteiger charge is -2.18. The van der Waals surface area contributed by atoms with Crippen LogP contribution in [0.1, 0.15) is 27.9 Å². The number of ether oxygens (including phenoxy) is 1. The molecule has 0 spiro atoms. The average molecular weight is 342 g/mol. The fourth-order valence-corrected chi connectivity index (χ4v) is 3.58. The Balaban J connectivity index is 2.00. The third-order valence-electron chi connectivity index (χ3n) is 3.65. The molecule has 0 N–H and O–H groups in total. The van der Waals surface area contributed by atoms with Crippen LogP contribution >= 0.6 is 11.3 Å². The predicted octanol–water partition coefficient (Wildman–Crippen LogP) is 3.21. The van der Waals surface area contributed by atoms with Crippen LogP contribution in [0, 0.1) is 6.92 Å². The van der Waals surface area contributed by atoms with Gasteiger partial charge in [0, 0.05) is 13.2 Å². The molecule has 3 aromatic rings. The molecule has 0 saturated heterocycles. The van der Waals surface area contributed by atoms with Gasteiger partial charge in [-0.2, -0.15) is 0 Å². The van der Waals surface area contributed by atoms with Gasteiger partial charge < -0.3 is 9.64 Å². The van der Waals surface area contributed by atoms with E-state index in [0.29, 0.717) is 18.0 Å². The zero-order valence-electron chi connectivity index (χ0n) is 13.8. The Labute approximate surface area is 144 Å². The predicted molar refractivity (Wildman–Crippen MR) is 94.5 cm³/mol. The van der Waals surface area contributed by atoms with E-state index in [0.717, 1.165) is 27.3 Å². The van der Waals surface area contributed by atoms with Crippen molar-refractivity contribution < 1.29 is 9.53 Å². The SMILES string of the molecule is CCOC(=O)c1sc2ncnc(N(C)Cc3ccccn3)c2c1C. The first-order valence-corrected chi connectivity index (χ1v) is 8.45. The molecule has 7 heteroatoms. The van der Waals surface area contributed by atoms with Crippen LogP contribution in [0.3, 0.4) is 0 Å². The third kappa shape index (κ3) is 3.07. The average Bonchev–Trinajstić information content (AvgIpc) is 2.93. The van der Waals surface area contributed by atoms with Crippen molar-refractivity contribution in [2.24, 2.45) is 0 Å². The van der Waals surface area contributed by atoms with Crippen molar-refractivity contribution in [2.45, 2.75) is 20.4 Å². The van der Waals surface area contributed by atoms with Gasteiger partial charge in [0.05, 0.1) is 24.2 Å². The van der Waals surface area contributed by atoms with Crippen molar-refractivity contribution in [3.63, 3.8) is 0 Å². The van der Waals surface area contributed by atoms with Crippen molar-refractivity contribution in [3.8, 4) is 0 Å². The van der Waals surface area contributed by atoms with Crippen LogP contribution in [-0.2, 0) is 11.3 Å². The van der Waals surface area contributed by atoms with E-state index in [1.807, 2.05) is 37.1 Å². The maximum atomic E-state index is 12.1. The van der Waals surface area contributed by atoms with Gasteiger partial charge in [-0.15, -0.1) is 11.3 Å². The molecule has 124 valence electrons. The number of rotatable bonds is 5. The summed E-state index contributed by atoms with van der Waals surface area (Å²) in [5.74, 6) is 0.478. The van der Waals surface area contributed by atoms with E-state index in [4.69, 9.17) is 4.74 Å². The first kappa shape index (κ1) is 16.3. The highest BCUT2D eigenvalue weighted by Crippen LogP contribution is 2.35. The second kappa shape index (κ2) is 6.92. The van der Waals surface area contributed by atoms with Crippen molar-refractivity contribution in [3.05, 3.63) is 46.9 Å². The molecule has 0 atom stereocenters. The van der Waals surface area contributed by atoms with E-state index in [-0.39, 0.29) is 5.97 Å². The van der Waals surface area contributed by atoms with Crippen LogP contribution in [0.2, 0.25) is 0 Å². The topological polar surface area (TPSA) is 68.2 Å². The number of anilines is 1. The Bertz CT molecular complexity index is 864. The minimum absolute atomic E-state index is 0.309. The van der Waals surface area contributed by atoms with Crippen LogP contribution in [0.25, 0.3) is 10.2 Å². The number of aromatic nitrogens is 3. The first-order valence-electron chi connectivity index (χ1n) is 7.64. The maximum Gasteiger partial charge on any atom is 0.348 e. The zero-order valence-corrected chi connectivity index (χ0v) is 14.6. The van der Waals surface area contributed by atoms with E-state index in [1.54, 1.807) is 13.1 Å². The fraction of sp³-hybridized carbons (Fsp3) is 0.294. The van der Waals surface area contributed by atoms with Crippen LogP contribution in [0.4, 0.5) is 5.82 Å². The number of carbonyl (C=O) groups is 1. The van der Waals surface area contributed by atoms with Gasteiger partial charge in [-0.05, 0) is 31.5 Å². The van der Waals surface area contributed by atoms with E-state index >= 15 is 0 Å². The molecule has 0 fully saturated rings. The molecule has 0 aliphatic rings. The lowest BCUT2D eigenvalue weighted by molar-refractivity contribution is 0.0531. The summed E-state index contributed by atoms with van der Waals surface area (Å²) in [5, 5.41) is 0.893. The number of fused-ring (bicyclic) bond motifs is 1. The Morgan fingerprint density at radius 3 is 2.83 bits per heavy atom. The fourth-order valence-electron chi connectivity index (χ4n) is 2.54. The first-order chi connectivity index (χ1) is 11.6. The number of pyridine rings is 1. The molecule has 0 radical (unpaired) electrons. The number of aryl methyl sites for hydroxylation is 1. The van der Waals surface area contributed by atoms with Crippen LogP contribution in [-0.4, -0.2) is 34.6 Å². The van der Waals surface area contributed by atoms with Crippen molar-refractivity contribution in [2.75, 3.05) is 18.6 Å². The summed E-state index contributed by atoms with van der Waals surface area (Å²) in [5.41, 5.74) is 1.81. The number of hydrogen-bond donors (Lipinski definition) is 0. The zero-order chi connectivity index (χ0) is 17.1. The Kier molecular flexibility index (Phi) is 4.71. The molecule has 24 heavy (non-hydrogen) atoms. The van der Waals surface area contributed by atoms with Gasteiger partial charge >= 0.3 is 5.97 Å². The smallest absolute Gasteiger partial charge is 0.348 e. The van der Waals surface area contributed by atoms with Crippen LogP contribution < -0.4 is 4.90 Å². The molecule has 3 aromatic heterocycles. The number of hydrogen-bond acceptors (Lipinski definition) is 7. The number of thiophene rings is 1. The van der Waals surface area contributed by atoms with E-state index in [9.17, 15) is 4.79 Å². The quantitative estimate of drug-likeness (QED) is 0.663. The normalized spacial score (nSPS) is 10.8. The lowest BCUT2D eigenvalue weighted by Crippen LogP contribution is -2.19. The summed E-state index contributed by atoms with van der Waals surface area (Å²) in [6.07, 6.45) is 3.30. The summed E-state index contributed by atoms with van der Waals surface area (Å²) in [4.78, 5) is 28.6. The third-order valence-corrected chi connectivity index (χ3v) is 4.83. The monoisotopic (exact) mass is 342 g/mol. The van der Waals surface area contributed by atoms with Gasteiger partial charge in [0.15, 0.2) is 0 Å². The number of carbonyl (C=O) groups excluding carboxylic acids is 1. The number of esters is 1. The molecule has 0 aromatic carbocycles. The van der Waals surface area contributed by atoms with Gasteiger partial charge in [0.1, 0.15) is 21.9 Å². The highest BCUT2D eigenvalue weighted by molar-refractivity contribution is 7.20. The summed E-state index contributed by atoms with van der Waals surface area (Å²) >= 11 is 1.34. The molecule has 0 saturated carbocycles. The molecule has 0 aliphatic carbocycles. The van der Waals surface area contributed by atoms with Gasteiger partial charge in [0.2, 0.25) is 0 Å². The Hall–Kier alpha value is -2.54. The van der Waals surface area contributed by atoms with Gasteiger partial charge in [0.25, 0.3) is 0 Å². The molecule has 0 amide bonds. The summed E-state index contributed by atoms with van der Waals surface area (Å²) < 4.78 is 5.13.